The van der Waals surface area contributed by atoms with Gasteiger partial charge in [-0.15, -0.1) is 0 Å². The number of aromatic nitrogens is 2. The molecule has 14 heteroatoms. The number of thioether (sulfide) groups is 1. The van der Waals surface area contributed by atoms with E-state index in [1.807, 2.05) is 37.3 Å². The van der Waals surface area contributed by atoms with Crippen LogP contribution in [0.3, 0.4) is 0 Å². The number of amides is 1. The van der Waals surface area contributed by atoms with Gasteiger partial charge in [0.1, 0.15) is 11.6 Å². The van der Waals surface area contributed by atoms with Crippen molar-refractivity contribution in [2.75, 3.05) is 42.8 Å². The number of carboxylic acid groups (broad SMARTS) is 1. The Morgan fingerprint density at radius 2 is 1.74 bits per heavy atom. The van der Waals surface area contributed by atoms with Crippen LogP contribution in [0.5, 0.6) is 0 Å². The Balaban J connectivity index is 1.76. The zero-order valence-electron chi connectivity index (χ0n) is 23.5. The second-order valence-corrected chi connectivity index (χ2v) is 18.5. The molecule has 1 fully saturated rings. The lowest BCUT2D eigenvalue weighted by Gasteiger charge is -2.37. The van der Waals surface area contributed by atoms with Crippen molar-refractivity contribution in [2.24, 2.45) is 0 Å². The Morgan fingerprint density at radius 3 is 2.33 bits per heavy atom. The quantitative estimate of drug-likeness (QED) is 0.194. The number of rotatable bonds is 11. The molecule has 216 valence electrons. The number of benzene rings is 1. The summed E-state index contributed by atoms with van der Waals surface area (Å²) in [4.78, 5) is 21.5. The maximum Gasteiger partial charge on any atom is 0.407 e. The van der Waals surface area contributed by atoms with Crippen LogP contribution in [0.1, 0.15) is 33.3 Å². The summed E-state index contributed by atoms with van der Waals surface area (Å²) < 4.78 is 36.4. The molecule has 0 spiro atoms. The van der Waals surface area contributed by atoms with Gasteiger partial charge in [-0.1, -0.05) is 62.9 Å². The zero-order valence-corrected chi connectivity index (χ0v) is 26.1. The fourth-order valence-corrected chi connectivity index (χ4v) is 6.55. The minimum Gasteiger partial charge on any atom is -0.465 e. The highest BCUT2D eigenvalue weighted by molar-refractivity contribution is 7.98. The number of carbonyl (C=O) groups is 1. The number of hydrogen-bond acceptors (Lipinski definition) is 8. The highest BCUT2D eigenvalue weighted by atomic mass is 32.2. The molecule has 1 atom stereocenters. The lowest BCUT2D eigenvalue weighted by atomic mass is 10.2. The predicted octanol–water partition coefficient (Wildman–Crippen LogP) is 4.54. The van der Waals surface area contributed by atoms with Crippen molar-refractivity contribution in [3.8, 4) is 0 Å². The van der Waals surface area contributed by atoms with E-state index in [9.17, 15) is 13.2 Å². The molecule has 0 unspecified atom stereocenters. The molecule has 1 aliphatic heterocycles. The molecule has 1 saturated heterocycles. The molecule has 1 aliphatic rings. The monoisotopic (exact) mass is 596 g/mol. The third kappa shape index (κ3) is 9.06. The molecule has 0 radical (unpaired) electrons. The maximum atomic E-state index is 13.1. The van der Waals surface area contributed by atoms with Gasteiger partial charge in [-0.05, 0) is 30.6 Å². The lowest BCUT2D eigenvalue weighted by molar-refractivity contribution is 0.126. The van der Waals surface area contributed by atoms with Crippen LogP contribution in [0.25, 0.3) is 0 Å². The minimum absolute atomic E-state index is 0.0647. The Morgan fingerprint density at radius 1 is 1.13 bits per heavy atom. The van der Waals surface area contributed by atoms with Gasteiger partial charge in [0.15, 0.2) is 13.5 Å². The van der Waals surface area contributed by atoms with Crippen LogP contribution in [0, 0.1) is 0 Å². The van der Waals surface area contributed by atoms with Crippen molar-refractivity contribution in [3.05, 3.63) is 42.0 Å². The van der Waals surface area contributed by atoms with E-state index in [0.29, 0.717) is 23.3 Å². The van der Waals surface area contributed by atoms with Gasteiger partial charge in [0, 0.05) is 44.0 Å². The maximum absolute atomic E-state index is 13.1. The average molecular weight is 597 g/mol. The van der Waals surface area contributed by atoms with Crippen molar-refractivity contribution >= 4 is 48.0 Å². The number of piperazine rings is 1. The highest BCUT2D eigenvalue weighted by Gasteiger charge is 2.37. The predicted molar refractivity (Wildman–Crippen MR) is 158 cm³/mol. The molecule has 0 saturated carbocycles. The van der Waals surface area contributed by atoms with E-state index in [4.69, 9.17) is 9.53 Å². The van der Waals surface area contributed by atoms with E-state index in [-0.39, 0.29) is 43.1 Å². The van der Waals surface area contributed by atoms with Gasteiger partial charge >= 0.3 is 16.3 Å². The van der Waals surface area contributed by atoms with Crippen LogP contribution in [0.2, 0.25) is 18.1 Å². The van der Waals surface area contributed by atoms with Crippen molar-refractivity contribution in [1.29, 1.82) is 0 Å². The summed E-state index contributed by atoms with van der Waals surface area (Å²) in [6.07, 6.45) is -1.06. The first kappa shape index (κ1) is 31.1. The SMILES string of the molecule is C[C@H](CO[Si](C)(C)C(C)(C)C)Nc1cc(NS(=O)(=O)N2CCN(C(=O)O)CC2)nc(SCc2ccccc2)n1. The van der Waals surface area contributed by atoms with Crippen molar-refractivity contribution < 1.29 is 22.7 Å². The smallest absolute Gasteiger partial charge is 0.407 e. The summed E-state index contributed by atoms with van der Waals surface area (Å²) in [5.41, 5.74) is 1.10. The van der Waals surface area contributed by atoms with E-state index in [0.717, 1.165) is 5.56 Å². The summed E-state index contributed by atoms with van der Waals surface area (Å²) >= 11 is 1.41. The standard InChI is InChI=1S/C25H40N6O5S2Si/c1-19(17-36-39(5,6)25(2,3)4)26-21-16-22(28-23(27-21)37-18-20-10-8-7-9-11-20)29-38(34,35)31-14-12-30(13-15-31)24(32)33/h7-11,16,19H,12-15,17-18H2,1-6H3,(H,32,33)(H2,26,27,28,29)/t19-/m1/s1. The fourth-order valence-electron chi connectivity index (χ4n) is 3.50. The molecule has 1 amide bonds. The Labute approximate surface area is 237 Å². The number of nitrogens with one attached hydrogen (secondary N) is 2. The summed E-state index contributed by atoms with van der Waals surface area (Å²) in [7, 11) is -5.88. The fraction of sp³-hybridized carbons (Fsp3) is 0.560. The van der Waals surface area contributed by atoms with Crippen LogP contribution >= 0.6 is 11.8 Å². The van der Waals surface area contributed by atoms with E-state index in [1.54, 1.807) is 6.07 Å². The van der Waals surface area contributed by atoms with Crippen LogP contribution in [-0.2, 0) is 20.4 Å². The van der Waals surface area contributed by atoms with Gasteiger partial charge < -0.3 is 19.7 Å². The van der Waals surface area contributed by atoms with E-state index in [2.05, 4.69) is 53.9 Å². The van der Waals surface area contributed by atoms with Gasteiger partial charge in [0.25, 0.3) is 0 Å². The topological polar surface area (TPSA) is 137 Å². The molecule has 1 aromatic heterocycles. The summed E-state index contributed by atoms with van der Waals surface area (Å²) in [6, 6.07) is 11.4. The Kier molecular flexibility index (Phi) is 10.3. The second-order valence-electron chi connectivity index (χ2n) is 11.1. The number of nitrogens with zero attached hydrogens (tertiary/aromatic N) is 4. The molecule has 1 aromatic carbocycles. The van der Waals surface area contributed by atoms with Crippen molar-refractivity contribution in [3.63, 3.8) is 0 Å². The van der Waals surface area contributed by atoms with E-state index < -0.39 is 24.6 Å². The van der Waals surface area contributed by atoms with Crippen LogP contribution in [0.4, 0.5) is 16.4 Å². The lowest BCUT2D eigenvalue weighted by Crippen LogP contribution is -2.51. The Bertz CT molecular complexity index is 1220. The van der Waals surface area contributed by atoms with Crippen LogP contribution in [-0.4, -0.2) is 85.9 Å². The van der Waals surface area contributed by atoms with Crippen molar-refractivity contribution in [2.45, 2.75) is 62.8 Å². The third-order valence-corrected chi connectivity index (χ3v) is 13.8. The molecule has 0 aliphatic carbocycles. The first-order chi connectivity index (χ1) is 18.2. The second kappa shape index (κ2) is 12.9. The van der Waals surface area contributed by atoms with Gasteiger partial charge in [0.05, 0.1) is 6.61 Å². The van der Waals surface area contributed by atoms with Gasteiger partial charge in [0.2, 0.25) is 0 Å². The van der Waals surface area contributed by atoms with Crippen molar-refractivity contribution in [1.82, 2.24) is 19.2 Å². The summed E-state index contributed by atoms with van der Waals surface area (Å²) in [5.74, 6) is 1.25. The molecular weight excluding hydrogens is 557 g/mol. The first-order valence-electron chi connectivity index (χ1n) is 12.9. The highest BCUT2D eigenvalue weighted by Crippen LogP contribution is 2.36. The minimum atomic E-state index is -3.94. The molecule has 3 rings (SSSR count). The summed E-state index contributed by atoms with van der Waals surface area (Å²) in [5, 5.41) is 13.0. The molecule has 39 heavy (non-hydrogen) atoms. The van der Waals surface area contributed by atoms with E-state index >= 15 is 0 Å². The molecule has 2 aromatic rings. The van der Waals surface area contributed by atoms with Crippen LogP contribution < -0.4 is 10.0 Å². The Hall–Kier alpha value is -2.39. The molecule has 0 bridgehead atoms. The average Bonchev–Trinajstić information content (AvgIpc) is 2.86. The first-order valence-corrected chi connectivity index (χ1v) is 18.2. The molecule has 2 heterocycles. The van der Waals surface area contributed by atoms with Crippen LogP contribution in [0.15, 0.2) is 41.6 Å². The number of anilines is 2. The number of hydrogen-bond donors (Lipinski definition) is 3. The van der Waals surface area contributed by atoms with Gasteiger partial charge in [-0.3, -0.25) is 4.72 Å². The normalized spacial score (nSPS) is 16.1. The third-order valence-electron chi connectivity index (χ3n) is 6.89. The van der Waals surface area contributed by atoms with E-state index in [1.165, 1.54) is 21.0 Å². The molecule has 11 nitrogen and oxygen atoms in total. The molecule has 3 N–H and O–H groups in total. The summed E-state index contributed by atoms with van der Waals surface area (Å²) in [6.45, 7) is 13.8. The largest absolute Gasteiger partial charge is 0.465 e. The van der Waals surface area contributed by atoms with Gasteiger partial charge in [-0.25, -0.2) is 14.8 Å². The molecular formula is C25H40N6O5S2Si. The zero-order chi connectivity index (χ0) is 28.8. The van der Waals surface area contributed by atoms with Gasteiger partial charge in [-0.2, -0.15) is 12.7 Å².